The number of H-pyrrole nitrogens is 1. The Labute approximate surface area is 157 Å². The van der Waals surface area contributed by atoms with Crippen LogP contribution in [-0.2, 0) is 5.41 Å². The highest BCUT2D eigenvalue weighted by Crippen LogP contribution is 2.52. The van der Waals surface area contributed by atoms with Gasteiger partial charge in [0.15, 0.2) is 0 Å². The predicted molar refractivity (Wildman–Crippen MR) is 111 cm³/mol. The Hall–Kier alpha value is -3.26. The van der Waals surface area contributed by atoms with Crippen LogP contribution in [0, 0.1) is 0 Å². The minimum Gasteiger partial charge on any atom is -0.464 e. The first-order valence-corrected chi connectivity index (χ1v) is 9.37. The third kappa shape index (κ3) is 1.85. The second kappa shape index (κ2) is 4.92. The Morgan fingerprint density at radius 3 is 2.59 bits per heavy atom. The van der Waals surface area contributed by atoms with Crippen LogP contribution < -0.4 is 0 Å². The summed E-state index contributed by atoms with van der Waals surface area (Å²) in [6, 6.07) is 23.7. The second-order valence-corrected chi connectivity index (χ2v) is 7.95. The van der Waals surface area contributed by atoms with Crippen molar-refractivity contribution in [1.29, 1.82) is 0 Å². The van der Waals surface area contributed by atoms with E-state index in [-0.39, 0.29) is 5.41 Å². The fraction of sp³-hybridized carbons (Fsp3) is 0.120. The van der Waals surface area contributed by atoms with Gasteiger partial charge in [-0.15, -0.1) is 0 Å². The average Bonchev–Trinajstić information content (AvgIpc) is 3.39. The Kier molecular flexibility index (Phi) is 2.71. The van der Waals surface area contributed by atoms with Gasteiger partial charge in [-0.1, -0.05) is 62.4 Å². The molecule has 0 saturated heterocycles. The molecule has 1 aliphatic carbocycles. The molecule has 27 heavy (non-hydrogen) atoms. The first kappa shape index (κ1) is 14.9. The van der Waals surface area contributed by atoms with Crippen LogP contribution >= 0.6 is 0 Å². The molecular formula is C25H19NO. The fourth-order valence-corrected chi connectivity index (χ4v) is 4.80. The van der Waals surface area contributed by atoms with Gasteiger partial charge in [0.2, 0.25) is 0 Å². The summed E-state index contributed by atoms with van der Waals surface area (Å²) in [4.78, 5) is 3.76. The molecule has 0 bridgehead atoms. The van der Waals surface area contributed by atoms with E-state index in [2.05, 4.69) is 73.4 Å². The van der Waals surface area contributed by atoms with Crippen molar-refractivity contribution in [3.05, 3.63) is 84.1 Å². The third-order valence-electron chi connectivity index (χ3n) is 6.09. The zero-order valence-corrected chi connectivity index (χ0v) is 15.3. The SMILES string of the molecule is CC1(C)c2cc(-c3ccco3)ccc2-c2[nH]c3c(ccc4ccccc43)c21. The molecule has 6 rings (SSSR count). The largest absolute Gasteiger partial charge is 0.464 e. The Morgan fingerprint density at radius 2 is 1.74 bits per heavy atom. The number of aromatic amines is 1. The maximum Gasteiger partial charge on any atom is 0.133 e. The van der Waals surface area contributed by atoms with Gasteiger partial charge in [0.25, 0.3) is 0 Å². The van der Waals surface area contributed by atoms with Crippen LogP contribution in [-0.4, -0.2) is 4.98 Å². The third-order valence-corrected chi connectivity index (χ3v) is 6.09. The van der Waals surface area contributed by atoms with E-state index < -0.39 is 0 Å². The molecule has 1 N–H and O–H groups in total. The molecule has 2 heteroatoms. The number of benzene rings is 3. The quantitative estimate of drug-likeness (QED) is 0.351. The highest BCUT2D eigenvalue weighted by atomic mass is 16.3. The lowest BCUT2D eigenvalue weighted by atomic mass is 9.80. The molecule has 0 fully saturated rings. The summed E-state index contributed by atoms with van der Waals surface area (Å²) in [6.45, 7) is 4.65. The second-order valence-electron chi connectivity index (χ2n) is 7.95. The molecular weight excluding hydrogens is 330 g/mol. The van der Waals surface area contributed by atoms with Crippen molar-refractivity contribution in [3.8, 4) is 22.6 Å². The summed E-state index contributed by atoms with van der Waals surface area (Å²) in [5.74, 6) is 0.917. The minimum absolute atomic E-state index is 0.0615. The van der Waals surface area contributed by atoms with Gasteiger partial charge >= 0.3 is 0 Å². The van der Waals surface area contributed by atoms with E-state index in [1.54, 1.807) is 6.26 Å². The van der Waals surface area contributed by atoms with Crippen LogP contribution in [0.1, 0.15) is 25.0 Å². The molecule has 0 radical (unpaired) electrons. The van der Waals surface area contributed by atoms with E-state index in [1.807, 2.05) is 12.1 Å². The van der Waals surface area contributed by atoms with Crippen LogP contribution in [0.15, 0.2) is 77.4 Å². The first-order chi connectivity index (χ1) is 13.1. The number of hydrogen-bond acceptors (Lipinski definition) is 1. The molecule has 130 valence electrons. The number of fused-ring (bicyclic) bond motifs is 7. The van der Waals surface area contributed by atoms with E-state index in [0.717, 1.165) is 11.3 Å². The summed E-state index contributed by atoms with van der Waals surface area (Å²) in [6.07, 6.45) is 1.73. The molecule has 2 aromatic heterocycles. The molecule has 2 heterocycles. The number of aromatic nitrogens is 1. The molecule has 3 aromatic carbocycles. The standard InChI is InChI=1S/C25H19NO/c1-25(2)20-14-16(21-8-5-13-27-21)10-11-18(20)24-22(25)19-12-9-15-6-3-4-7-17(15)23(19)26-24/h3-14,26H,1-2H3. The lowest BCUT2D eigenvalue weighted by Crippen LogP contribution is -2.15. The monoisotopic (exact) mass is 349 g/mol. The summed E-state index contributed by atoms with van der Waals surface area (Å²) < 4.78 is 5.62. The van der Waals surface area contributed by atoms with Crippen LogP contribution in [0.4, 0.5) is 0 Å². The van der Waals surface area contributed by atoms with Crippen molar-refractivity contribution in [1.82, 2.24) is 4.98 Å². The predicted octanol–water partition coefficient (Wildman–Crippen LogP) is 6.89. The highest BCUT2D eigenvalue weighted by Gasteiger charge is 2.39. The lowest BCUT2D eigenvalue weighted by Gasteiger charge is -2.22. The van der Waals surface area contributed by atoms with Gasteiger partial charge in [0, 0.05) is 27.3 Å². The first-order valence-electron chi connectivity index (χ1n) is 9.37. The normalized spacial score (nSPS) is 14.6. The summed E-state index contributed by atoms with van der Waals surface area (Å²) >= 11 is 0. The van der Waals surface area contributed by atoms with Gasteiger partial charge in [-0.3, -0.25) is 0 Å². The van der Waals surface area contributed by atoms with Crippen molar-refractivity contribution in [2.45, 2.75) is 19.3 Å². The van der Waals surface area contributed by atoms with Gasteiger partial charge in [0.1, 0.15) is 5.76 Å². The Balaban J connectivity index is 1.66. The van der Waals surface area contributed by atoms with Gasteiger partial charge in [-0.05, 0) is 34.7 Å². The van der Waals surface area contributed by atoms with Crippen molar-refractivity contribution >= 4 is 21.7 Å². The van der Waals surface area contributed by atoms with Crippen molar-refractivity contribution in [3.63, 3.8) is 0 Å². The number of hydrogen-bond donors (Lipinski definition) is 1. The summed E-state index contributed by atoms with van der Waals surface area (Å²) in [7, 11) is 0. The van der Waals surface area contributed by atoms with E-state index in [1.165, 1.54) is 44.1 Å². The number of furan rings is 1. The van der Waals surface area contributed by atoms with E-state index in [9.17, 15) is 0 Å². The lowest BCUT2D eigenvalue weighted by molar-refractivity contribution is 0.582. The van der Waals surface area contributed by atoms with Gasteiger partial charge in [0.05, 0.1) is 17.5 Å². The van der Waals surface area contributed by atoms with Crippen molar-refractivity contribution in [2.75, 3.05) is 0 Å². The molecule has 0 aliphatic heterocycles. The van der Waals surface area contributed by atoms with Crippen molar-refractivity contribution < 1.29 is 4.42 Å². The van der Waals surface area contributed by atoms with E-state index in [4.69, 9.17) is 4.42 Å². The molecule has 0 atom stereocenters. The molecule has 2 nitrogen and oxygen atoms in total. The topological polar surface area (TPSA) is 28.9 Å². The molecule has 5 aromatic rings. The molecule has 0 saturated carbocycles. The number of nitrogens with one attached hydrogen (secondary N) is 1. The fourth-order valence-electron chi connectivity index (χ4n) is 4.80. The van der Waals surface area contributed by atoms with Gasteiger partial charge in [-0.25, -0.2) is 0 Å². The van der Waals surface area contributed by atoms with Crippen molar-refractivity contribution in [2.24, 2.45) is 0 Å². The number of rotatable bonds is 1. The molecule has 0 amide bonds. The maximum absolute atomic E-state index is 5.62. The molecule has 0 spiro atoms. The zero-order valence-electron chi connectivity index (χ0n) is 15.3. The minimum atomic E-state index is -0.0615. The summed E-state index contributed by atoms with van der Waals surface area (Å²) in [5, 5.41) is 3.88. The van der Waals surface area contributed by atoms with Gasteiger partial charge in [-0.2, -0.15) is 0 Å². The van der Waals surface area contributed by atoms with Crippen LogP contribution in [0.5, 0.6) is 0 Å². The van der Waals surface area contributed by atoms with Crippen LogP contribution in [0.2, 0.25) is 0 Å². The van der Waals surface area contributed by atoms with Crippen LogP contribution in [0.25, 0.3) is 44.3 Å². The zero-order chi connectivity index (χ0) is 18.2. The smallest absolute Gasteiger partial charge is 0.133 e. The van der Waals surface area contributed by atoms with Crippen LogP contribution in [0.3, 0.4) is 0 Å². The molecule has 1 aliphatic rings. The van der Waals surface area contributed by atoms with E-state index >= 15 is 0 Å². The Bertz CT molecular complexity index is 1340. The van der Waals surface area contributed by atoms with E-state index in [0.29, 0.717) is 0 Å². The van der Waals surface area contributed by atoms with Gasteiger partial charge < -0.3 is 9.40 Å². The Morgan fingerprint density at radius 1 is 0.852 bits per heavy atom. The summed E-state index contributed by atoms with van der Waals surface area (Å²) in [5.41, 5.74) is 7.62. The highest BCUT2D eigenvalue weighted by molar-refractivity contribution is 6.10. The maximum atomic E-state index is 5.62. The molecule has 0 unspecified atom stereocenters. The average molecular weight is 349 g/mol.